The highest BCUT2D eigenvalue weighted by Gasteiger charge is 2.15. The molecule has 0 saturated heterocycles. The highest BCUT2D eigenvalue weighted by atomic mass is 16.3. The Morgan fingerprint density at radius 1 is 1.64 bits per heavy atom. The molecular formula is C9H8N4O. The maximum absolute atomic E-state index is 8.82. The Bertz CT molecular complexity index is 463. The molecule has 0 atom stereocenters. The molecule has 0 unspecified atom stereocenters. The van der Waals surface area contributed by atoms with E-state index in [0.717, 1.165) is 0 Å². The van der Waals surface area contributed by atoms with Crippen LogP contribution in [0.2, 0.25) is 0 Å². The fraction of sp³-hybridized carbons (Fsp3) is 0.222. The molecule has 0 fully saturated rings. The van der Waals surface area contributed by atoms with Crippen LogP contribution in [-0.2, 0) is 6.54 Å². The summed E-state index contributed by atoms with van der Waals surface area (Å²) in [5, 5.41) is 16.4. The second-order valence-corrected chi connectivity index (χ2v) is 2.69. The van der Waals surface area contributed by atoms with E-state index in [0.29, 0.717) is 23.7 Å². The standard InChI is InChI=1S/C9H8N4O/c1-2-13-9(7(6-10)11-12-13)8-4-3-5-14-8/h3-5H,2H2,1H3. The first kappa shape index (κ1) is 8.51. The minimum Gasteiger partial charge on any atom is -0.463 e. The van der Waals surface area contributed by atoms with Crippen LogP contribution in [0, 0.1) is 11.3 Å². The monoisotopic (exact) mass is 188 g/mol. The fourth-order valence-electron chi connectivity index (χ4n) is 1.27. The molecule has 0 spiro atoms. The van der Waals surface area contributed by atoms with Gasteiger partial charge in [0, 0.05) is 6.54 Å². The van der Waals surface area contributed by atoms with Crippen LogP contribution in [-0.4, -0.2) is 15.0 Å². The zero-order valence-corrected chi connectivity index (χ0v) is 7.64. The van der Waals surface area contributed by atoms with Gasteiger partial charge in [0.15, 0.2) is 11.5 Å². The summed E-state index contributed by atoms with van der Waals surface area (Å²) < 4.78 is 6.85. The van der Waals surface area contributed by atoms with Crippen LogP contribution in [0.25, 0.3) is 11.5 Å². The zero-order chi connectivity index (χ0) is 9.97. The van der Waals surface area contributed by atoms with Crippen molar-refractivity contribution in [1.29, 1.82) is 5.26 Å². The molecule has 0 amide bonds. The molecule has 0 aromatic carbocycles. The predicted molar refractivity (Wildman–Crippen MR) is 48.1 cm³/mol. The van der Waals surface area contributed by atoms with Gasteiger partial charge in [-0.15, -0.1) is 5.10 Å². The molecule has 0 aliphatic rings. The van der Waals surface area contributed by atoms with Gasteiger partial charge < -0.3 is 4.42 Å². The van der Waals surface area contributed by atoms with Crippen LogP contribution in [0.4, 0.5) is 0 Å². The van der Waals surface area contributed by atoms with Crippen molar-refractivity contribution in [3.05, 3.63) is 24.1 Å². The molecule has 2 aromatic heterocycles. The van der Waals surface area contributed by atoms with Gasteiger partial charge in [-0.05, 0) is 19.1 Å². The Hall–Kier alpha value is -2.09. The number of aryl methyl sites for hydroxylation is 1. The molecule has 0 bridgehead atoms. The first-order chi connectivity index (χ1) is 6.86. The third kappa shape index (κ3) is 1.17. The molecule has 0 N–H and O–H groups in total. The third-order valence-electron chi connectivity index (χ3n) is 1.90. The lowest BCUT2D eigenvalue weighted by molar-refractivity contribution is 0.562. The minimum atomic E-state index is 0.293. The lowest BCUT2D eigenvalue weighted by Crippen LogP contribution is -1.98. The lowest BCUT2D eigenvalue weighted by atomic mass is 10.2. The predicted octanol–water partition coefficient (Wildman–Crippen LogP) is 1.43. The summed E-state index contributed by atoms with van der Waals surface area (Å²) in [6, 6.07) is 5.53. The van der Waals surface area contributed by atoms with Gasteiger partial charge in [-0.2, -0.15) is 5.26 Å². The van der Waals surface area contributed by atoms with Crippen LogP contribution >= 0.6 is 0 Å². The Morgan fingerprint density at radius 3 is 3.07 bits per heavy atom. The second-order valence-electron chi connectivity index (χ2n) is 2.69. The van der Waals surface area contributed by atoms with Gasteiger partial charge in [0.2, 0.25) is 0 Å². The van der Waals surface area contributed by atoms with E-state index >= 15 is 0 Å². The minimum absolute atomic E-state index is 0.293. The first-order valence-corrected chi connectivity index (χ1v) is 4.24. The van der Waals surface area contributed by atoms with E-state index in [2.05, 4.69) is 10.3 Å². The van der Waals surface area contributed by atoms with Crippen molar-refractivity contribution in [1.82, 2.24) is 15.0 Å². The van der Waals surface area contributed by atoms with Crippen LogP contribution in [0.15, 0.2) is 22.8 Å². The van der Waals surface area contributed by atoms with Gasteiger partial charge in [-0.1, -0.05) is 5.21 Å². The Labute approximate surface area is 80.6 Å². The number of nitriles is 1. The fourth-order valence-corrected chi connectivity index (χ4v) is 1.27. The van der Waals surface area contributed by atoms with E-state index in [4.69, 9.17) is 9.68 Å². The molecule has 0 aliphatic heterocycles. The summed E-state index contributed by atoms with van der Waals surface area (Å²) in [6.45, 7) is 2.59. The normalized spacial score (nSPS) is 10.0. The van der Waals surface area contributed by atoms with Crippen molar-refractivity contribution in [3.8, 4) is 17.5 Å². The molecule has 2 heterocycles. The number of rotatable bonds is 2. The summed E-state index contributed by atoms with van der Waals surface area (Å²) in [7, 11) is 0. The zero-order valence-electron chi connectivity index (χ0n) is 7.64. The summed E-state index contributed by atoms with van der Waals surface area (Å²) in [5.41, 5.74) is 0.932. The second kappa shape index (κ2) is 3.34. The first-order valence-electron chi connectivity index (χ1n) is 4.24. The molecule has 0 saturated carbocycles. The molecule has 0 radical (unpaired) electrons. The van der Waals surface area contributed by atoms with E-state index in [1.807, 2.05) is 13.0 Å². The van der Waals surface area contributed by atoms with Crippen LogP contribution in [0.3, 0.4) is 0 Å². The van der Waals surface area contributed by atoms with Crippen molar-refractivity contribution in [3.63, 3.8) is 0 Å². The maximum Gasteiger partial charge on any atom is 0.193 e. The molecule has 2 aromatic rings. The van der Waals surface area contributed by atoms with E-state index in [9.17, 15) is 0 Å². The van der Waals surface area contributed by atoms with Crippen molar-refractivity contribution in [2.75, 3.05) is 0 Å². The average molecular weight is 188 g/mol. The van der Waals surface area contributed by atoms with Crippen LogP contribution < -0.4 is 0 Å². The van der Waals surface area contributed by atoms with E-state index in [1.54, 1.807) is 23.1 Å². The highest BCUT2D eigenvalue weighted by Crippen LogP contribution is 2.21. The average Bonchev–Trinajstić information content (AvgIpc) is 2.85. The smallest absolute Gasteiger partial charge is 0.193 e. The van der Waals surface area contributed by atoms with E-state index in [-0.39, 0.29) is 0 Å². The SMILES string of the molecule is CCn1nnc(C#N)c1-c1ccco1. The van der Waals surface area contributed by atoms with Crippen molar-refractivity contribution in [2.24, 2.45) is 0 Å². The summed E-state index contributed by atoms with van der Waals surface area (Å²) in [4.78, 5) is 0. The summed E-state index contributed by atoms with van der Waals surface area (Å²) >= 11 is 0. The van der Waals surface area contributed by atoms with Gasteiger partial charge in [0.1, 0.15) is 11.8 Å². The molecular weight excluding hydrogens is 180 g/mol. The molecule has 5 nitrogen and oxygen atoms in total. The Balaban J connectivity index is 2.61. The topological polar surface area (TPSA) is 67.6 Å². The van der Waals surface area contributed by atoms with Crippen molar-refractivity contribution in [2.45, 2.75) is 13.5 Å². The quantitative estimate of drug-likeness (QED) is 0.714. The molecule has 14 heavy (non-hydrogen) atoms. The summed E-state index contributed by atoms with van der Waals surface area (Å²) in [6.07, 6.45) is 1.56. The van der Waals surface area contributed by atoms with E-state index in [1.165, 1.54) is 0 Å². The van der Waals surface area contributed by atoms with Gasteiger partial charge >= 0.3 is 0 Å². The van der Waals surface area contributed by atoms with E-state index < -0.39 is 0 Å². The molecule has 0 aliphatic carbocycles. The number of hydrogen-bond acceptors (Lipinski definition) is 4. The molecule has 5 heteroatoms. The van der Waals surface area contributed by atoms with Crippen LogP contribution in [0.1, 0.15) is 12.6 Å². The molecule has 2 rings (SSSR count). The number of aromatic nitrogens is 3. The largest absolute Gasteiger partial charge is 0.463 e. The Kier molecular flexibility index (Phi) is 2.03. The number of furan rings is 1. The molecule has 70 valence electrons. The maximum atomic E-state index is 8.82. The van der Waals surface area contributed by atoms with Gasteiger partial charge in [0.25, 0.3) is 0 Å². The third-order valence-corrected chi connectivity index (χ3v) is 1.90. The lowest BCUT2D eigenvalue weighted by Gasteiger charge is -1.98. The van der Waals surface area contributed by atoms with Gasteiger partial charge in [-0.25, -0.2) is 4.68 Å². The summed E-state index contributed by atoms with van der Waals surface area (Å²) in [5.74, 6) is 0.619. The van der Waals surface area contributed by atoms with Gasteiger partial charge in [0.05, 0.1) is 6.26 Å². The van der Waals surface area contributed by atoms with Crippen molar-refractivity contribution >= 4 is 0 Å². The van der Waals surface area contributed by atoms with Gasteiger partial charge in [-0.3, -0.25) is 0 Å². The van der Waals surface area contributed by atoms with Crippen LogP contribution in [0.5, 0.6) is 0 Å². The Morgan fingerprint density at radius 2 is 2.50 bits per heavy atom. The number of hydrogen-bond donors (Lipinski definition) is 0. The number of nitrogens with zero attached hydrogens (tertiary/aromatic N) is 4. The van der Waals surface area contributed by atoms with Crippen molar-refractivity contribution < 1.29 is 4.42 Å². The highest BCUT2D eigenvalue weighted by molar-refractivity contribution is 5.58.